The smallest absolute Gasteiger partial charge is 0.259 e. The van der Waals surface area contributed by atoms with Crippen LogP contribution in [0.4, 0.5) is 0 Å². The molecule has 94 valence electrons. The molecule has 0 saturated carbocycles. The molecule has 2 heterocycles. The van der Waals surface area contributed by atoms with Crippen LogP contribution in [0.5, 0.6) is 0 Å². The molecule has 1 saturated heterocycles. The first-order valence-corrected chi connectivity index (χ1v) is 5.98. The Hall–Kier alpha value is -1.36. The third-order valence-corrected chi connectivity index (χ3v) is 3.55. The number of piperidine rings is 1. The highest BCUT2D eigenvalue weighted by Crippen LogP contribution is 2.20. The number of nitrogens with zero attached hydrogens (tertiary/aromatic N) is 2. The maximum atomic E-state index is 12.3. The number of aryl methyl sites for hydroxylation is 2. The van der Waals surface area contributed by atoms with E-state index in [1.807, 2.05) is 0 Å². The lowest BCUT2D eigenvalue weighted by Gasteiger charge is -2.35. The van der Waals surface area contributed by atoms with Crippen LogP contribution in [0.3, 0.4) is 0 Å². The third kappa shape index (κ3) is 2.20. The number of aromatic nitrogens is 1. The van der Waals surface area contributed by atoms with Gasteiger partial charge in [-0.2, -0.15) is 0 Å². The molecular weight excluding hydrogens is 218 g/mol. The van der Waals surface area contributed by atoms with Gasteiger partial charge in [-0.05, 0) is 26.2 Å². The van der Waals surface area contributed by atoms with E-state index >= 15 is 0 Å². The zero-order valence-electron chi connectivity index (χ0n) is 10.6. The summed E-state index contributed by atoms with van der Waals surface area (Å²) in [6.07, 6.45) is 0.955. The molecule has 1 amide bonds. The maximum Gasteiger partial charge on any atom is 0.259 e. The van der Waals surface area contributed by atoms with Crippen LogP contribution >= 0.6 is 0 Å². The number of amides is 1. The van der Waals surface area contributed by atoms with Gasteiger partial charge in [-0.25, -0.2) is 0 Å². The highest BCUT2D eigenvalue weighted by molar-refractivity contribution is 5.96. The van der Waals surface area contributed by atoms with Crippen LogP contribution in [0.2, 0.25) is 0 Å². The second-order valence-electron chi connectivity index (χ2n) is 4.88. The number of carbonyl (C=O) groups is 1. The molecule has 0 aliphatic carbocycles. The van der Waals surface area contributed by atoms with E-state index in [0.29, 0.717) is 29.5 Å². The van der Waals surface area contributed by atoms with E-state index in [0.717, 1.165) is 13.0 Å². The number of likely N-dealkylation sites (tertiary alicyclic amines) is 1. The first kappa shape index (κ1) is 12.1. The zero-order valence-corrected chi connectivity index (χ0v) is 10.6. The van der Waals surface area contributed by atoms with Crippen LogP contribution in [0.1, 0.15) is 35.2 Å². The molecule has 2 unspecified atom stereocenters. The second kappa shape index (κ2) is 4.49. The van der Waals surface area contributed by atoms with Crippen molar-refractivity contribution in [2.24, 2.45) is 11.7 Å². The van der Waals surface area contributed by atoms with Gasteiger partial charge in [0.2, 0.25) is 0 Å². The standard InChI is InChI=1S/C12H19N3O2/c1-7-4-5-15(6-10(7)13)12(16)11-8(2)14-17-9(11)3/h7,10H,4-6,13H2,1-3H3. The predicted octanol–water partition coefficient (Wildman–Crippen LogP) is 1.10. The van der Waals surface area contributed by atoms with Crippen molar-refractivity contribution in [2.75, 3.05) is 13.1 Å². The molecule has 1 aromatic heterocycles. The van der Waals surface area contributed by atoms with Crippen molar-refractivity contribution >= 4 is 5.91 Å². The minimum atomic E-state index is -0.0106. The monoisotopic (exact) mass is 237 g/mol. The van der Waals surface area contributed by atoms with E-state index in [2.05, 4.69) is 12.1 Å². The summed E-state index contributed by atoms with van der Waals surface area (Å²) in [7, 11) is 0. The van der Waals surface area contributed by atoms with E-state index in [-0.39, 0.29) is 11.9 Å². The average Bonchev–Trinajstić information content (AvgIpc) is 2.62. The highest BCUT2D eigenvalue weighted by atomic mass is 16.5. The van der Waals surface area contributed by atoms with Gasteiger partial charge in [0.1, 0.15) is 11.3 Å². The summed E-state index contributed by atoms with van der Waals surface area (Å²) in [6, 6.07) is 0.0631. The minimum Gasteiger partial charge on any atom is -0.361 e. The highest BCUT2D eigenvalue weighted by Gasteiger charge is 2.29. The molecule has 5 nitrogen and oxygen atoms in total. The molecule has 0 bridgehead atoms. The molecule has 1 aliphatic heterocycles. The summed E-state index contributed by atoms with van der Waals surface area (Å²) in [5.41, 5.74) is 7.25. The van der Waals surface area contributed by atoms with Gasteiger partial charge in [0.25, 0.3) is 5.91 Å². The molecule has 5 heteroatoms. The van der Waals surface area contributed by atoms with Gasteiger partial charge in [-0.1, -0.05) is 12.1 Å². The summed E-state index contributed by atoms with van der Waals surface area (Å²) in [5, 5.41) is 3.81. The molecule has 0 aromatic carbocycles. The SMILES string of the molecule is Cc1noc(C)c1C(=O)N1CCC(C)C(N)C1. The van der Waals surface area contributed by atoms with Crippen molar-refractivity contribution in [3.8, 4) is 0 Å². The maximum absolute atomic E-state index is 12.3. The van der Waals surface area contributed by atoms with Crippen molar-refractivity contribution in [3.05, 3.63) is 17.0 Å². The van der Waals surface area contributed by atoms with Crippen molar-refractivity contribution < 1.29 is 9.32 Å². The zero-order chi connectivity index (χ0) is 12.6. The van der Waals surface area contributed by atoms with Crippen molar-refractivity contribution in [2.45, 2.75) is 33.2 Å². The van der Waals surface area contributed by atoms with Gasteiger partial charge in [-0.15, -0.1) is 0 Å². The van der Waals surface area contributed by atoms with Gasteiger partial charge in [-0.3, -0.25) is 4.79 Å². The van der Waals surface area contributed by atoms with Crippen molar-refractivity contribution in [3.63, 3.8) is 0 Å². The summed E-state index contributed by atoms with van der Waals surface area (Å²) >= 11 is 0. The van der Waals surface area contributed by atoms with Gasteiger partial charge in [0.15, 0.2) is 0 Å². The molecule has 2 atom stereocenters. The lowest BCUT2D eigenvalue weighted by molar-refractivity contribution is 0.0670. The van der Waals surface area contributed by atoms with Crippen molar-refractivity contribution in [1.29, 1.82) is 0 Å². The predicted molar refractivity (Wildman–Crippen MR) is 63.6 cm³/mol. The Kier molecular flexibility index (Phi) is 3.19. The van der Waals surface area contributed by atoms with Crippen LogP contribution in [0.15, 0.2) is 4.52 Å². The summed E-state index contributed by atoms with van der Waals surface area (Å²) in [4.78, 5) is 14.1. The Bertz CT molecular complexity index is 408. The first-order valence-electron chi connectivity index (χ1n) is 5.98. The van der Waals surface area contributed by atoms with Gasteiger partial charge in [0.05, 0.1) is 5.69 Å². The molecule has 17 heavy (non-hydrogen) atoms. The van der Waals surface area contributed by atoms with E-state index in [4.69, 9.17) is 10.3 Å². The van der Waals surface area contributed by atoms with E-state index < -0.39 is 0 Å². The van der Waals surface area contributed by atoms with E-state index in [1.165, 1.54) is 0 Å². The Morgan fingerprint density at radius 2 is 2.24 bits per heavy atom. The lowest BCUT2D eigenvalue weighted by Crippen LogP contribution is -2.49. The molecule has 0 radical (unpaired) electrons. The first-order chi connectivity index (χ1) is 8.00. The average molecular weight is 237 g/mol. The molecule has 2 N–H and O–H groups in total. The fraction of sp³-hybridized carbons (Fsp3) is 0.667. The quantitative estimate of drug-likeness (QED) is 0.794. The van der Waals surface area contributed by atoms with Gasteiger partial charge >= 0.3 is 0 Å². The number of hydrogen-bond donors (Lipinski definition) is 1. The van der Waals surface area contributed by atoms with Crippen LogP contribution in [-0.2, 0) is 0 Å². The summed E-state index contributed by atoms with van der Waals surface area (Å²) in [5.74, 6) is 1.05. The fourth-order valence-corrected chi connectivity index (χ4v) is 2.23. The largest absolute Gasteiger partial charge is 0.361 e. The number of rotatable bonds is 1. The summed E-state index contributed by atoms with van der Waals surface area (Å²) in [6.45, 7) is 7.06. The fourth-order valence-electron chi connectivity index (χ4n) is 2.23. The van der Waals surface area contributed by atoms with E-state index in [1.54, 1.807) is 18.7 Å². The van der Waals surface area contributed by atoms with Crippen LogP contribution in [-0.4, -0.2) is 35.1 Å². The van der Waals surface area contributed by atoms with Crippen molar-refractivity contribution in [1.82, 2.24) is 10.1 Å². The Morgan fingerprint density at radius 3 is 2.76 bits per heavy atom. The molecule has 2 rings (SSSR count). The molecule has 0 spiro atoms. The third-order valence-electron chi connectivity index (χ3n) is 3.55. The topological polar surface area (TPSA) is 72.4 Å². The van der Waals surface area contributed by atoms with Crippen LogP contribution in [0, 0.1) is 19.8 Å². The summed E-state index contributed by atoms with van der Waals surface area (Å²) < 4.78 is 5.03. The van der Waals surface area contributed by atoms with Crippen LogP contribution < -0.4 is 5.73 Å². The lowest BCUT2D eigenvalue weighted by atomic mass is 9.94. The molecule has 1 aromatic rings. The molecular formula is C12H19N3O2. The number of carbonyl (C=O) groups excluding carboxylic acids is 1. The van der Waals surface area contributed by atoms with Crippen LogP contribution in [0.25, 0.3) is 0 Å². The van der Waals surface area contributed by atoms with E-state index in [9.17, 15) is 4.79 Å². The van der Waals surface area contributed by atoms with Gasteiger partial charge in [0, 0.05) is 19.1 Å². The normalized spacial score (nSPS) is 25.1. The van der Waals surface area contributed by atoms with Gasteiger partial charge < -0.3 is 15.2 Å². The second-order valence-corrected chi connectivity index (χ2v) is 4.88. The molecule has 1 aliphatic rings. The Labute approximate surface area is 101 Å². The number of hydrogen-bond acceptors (Lipinski definition) is 4. The minimum absolute atomic E-state index is 0.0106. The Balaban J connectivity index is 2.16. The molecule has 1 fully saturated rings. The Morgan fingerprint density at radius 1 is 1.53 bits per heavy atom. The number of nitrogens with two attached hydrogens (primary N) is 1.